The fraction of sp³-hybridized carbons (Fsp3) is 0.786. The number of hydrogen-bond acceptors (Lipinski definition) is 12. The summed E-state index contributed by atoms with van der Waals surface area (Å²) in [7, 11) is -3.53. The van der Waals surface area contributed by atoms with E-state index >= 15 is 0 Å². The molecule has 0 spiro atoms. The number of cyclic esters (lactones) is 4. The molecule has 236 valence electrons. The van der Waals surface area contributed by atoms with Crippen molar-refractivity contribution in [1.29, 1.82) is 0 Å². The van der Waals surface area contributed by atoms with E-state index in [-0.39, 0.29) is 39.5 Å². The van der Waals surface area contributed by atoms with Crippen molar-refractivity contribution in [2.24, 2.45) is 0 Å². The summed E-state index contributed by atoms with van der Waals surface area (Å²) in [6, 6.07) is 0. The molecule has 0 aromatic heterocycles. The minimum Gasteiger partial charge on any atom is -0.466 e. The van der Waals surface area contributed by atoms with Gasteiger partial charge in [-0.2, -0.15) is 8.42 Å². The first-order valence-corrected chi connectivity index (χ1v) is 17.3. The van der Waals surface area contributed by atoms with Crippen LogP contribution in [0.25, 0.3) is 0 Å². The molecule has 41 heavy (non-hydrogen) atoms. The molecular formula is C28H46O11S2. The average Bonchev–Trinajstić information content (AvgIpc) is 2.91. The summed E-state index contributed by atoms with van der Waals surface area (Å²) in [5.41, 5.74) is 0. The predicted octanol–water partition coefficient (Wildman–Crippen LogP) is 4.27. The molecule has 0 N–H and O–H groups in total. The van der Waals surface area contributed by atoms with Gasteiger partial charge < -0.3 is 18.9 Å². The Kier molecular flexibility index (Phi) is 21.1. The molecule has 0 amide bonds. The molecule has 1 aliphatic heterocycles. The van der Waals surface area contributed by atoms with Crippen LogP contribution in [-0.4, -0.2) is 82.6 Å². The maximum Gasteiger partial charge on any atom is 0.331 e. The topological polar surface area (TPSA) is 149 Å². The van der Waals surface area contributed by atoms with Crippen molar-refractivity contribution < 1.29 is 50.7 Å². The van der Waals surface area contributed by atoms with Gasteiger partial charge in [-0.25, -0.2) is 9.59 Å². The zero-order valence-electron chi connectivity index (χ0n) is 24.2. The summed E-state index contributed by atoms with van der Waals surface area (Å²) in [5, 5.41) is -0.737. The second kappa shape index (κ2) is 23.4. The van der Waals surface area contributed by atoms with Gasteiger partial charge in [-0.1, -0.05) is 51.4 Å². The predicted molar refractivity (Wildman–Crippen MR) is 155 cm³/mol. The molecule has 1 atom stereocenters. The largest absolute Gasteiger partial charge is 0.466 e. The van der Waals surface area contributed by atoms with E-state index in [0.717, 1.165) is 69.8 Å². The normalized spacial score (nSPS) is 22.2. The quantitative estimate of drug-likeness (QED) is 0.180. The van der Waals surface area contributed by atoms with Gasteiger partial charge in [0.2, 0.25) is 0 Å². The lowest BCUT2D eigenvalue weighted by atomic mass is 10.1. The molecule has 0 saturated heterocycles. The lowest BCUT2D eigenvalue weighted by molar-refractivity contribution is -0.149. The van der Waals surface area contributed by atoms with Crippen LogP contribution in [0.15, 0.2) is 12.2 Å². The summed E-state index contributed by atoms with van der Waals surface area (Å²) in [4.78, 5) is 48.5. The van der Waals surface area contributed by atoms with Gasteiger partial charge in [0.05, 0.1) is 45.7 Å². The highest BCUT2D eigenvalue weighted by atomic mass is 32.2. The van der Waals surface area contributed by atoms with Crippen LogP contribution < -0.4 is 0 Å². The Hall–Kier alpha value is -2.12. The number of esters is 4. The number of ether oxygens (including phenoxy) is 4. The van der Waals surface area contributed by atoms with Crippen molar-refractivity contribution in [3.63, 3.8) is 0 Å². The van der Waals surface area contributed by atoms with Gasteiger partial charge in [-0.15, -0.1) is 11.8 Å². The molecule has 1 rings (SSSR count). The van der Waals surface area contributed by atoms with E-state index in [1.165, 1.54) is 11.8 Å². The van der Waals surface area contributed by atoms with Crippen molar-refractivity contribution in [1.82, 2.24) is 0 Å². The zero-order valence-corrected chi connectivity index (χ0v) is 25.8. The SMILES string of the molecule is CS(=O)(=O)OCCCSC1CC(=O)OCCCCCCCCOC(=O)/C=C/C(=O)OCCCCCCCCOC1=O. The Bertz CT molecular complexity index is 903. The van der Waals surface area contributed by atoms with Crippen molar-refractivity contribution in [2.75, 3.05) is 45.0 Å². The van der Waals surface area contributed by atoms with Crippen LogP contribution in [0.4, 0.5) is 0 Å². The van der Waals surface area contributed by atoms with E-state index < -0.39 is 39.2 Å². The molecule has 0 radical (unpaired) electrons. The van der Waals surface area contributed by atoms with Crippen LogP contribution in [0.5, 0.6) is 0 Å². The van der Waals surface area contributed by atoms with Crippen molar-refractivity contribution in [3.05, 3.63) is 12.2 Å². The first-order chi connectivity index (χ1) is 19.7. The minimum atomic E-state index is -3.53. The fourth-order valence-corrected chi connectivity index (χ4v) is 5.22. The standard InChI is InChI=1S/C28H46O11S2/c1-41(33,34)39-21-14-22-40-24-23-27(31)37-19-12-8-3-2-6-10-17-35-25(29)15-16-26(30)36-18-11-7-4-5-9-13-20-38-28(24)32/h15-16,24H,2-14,17-23H2,1H3/b16-15+. The molecule has 0 aliphatic carbocycles. The van der Waals surface area contributed by atoms with E-state index in [4.69, 9.17) is 23.1 Å². The van der Waals surface area contributed by atoms with Gasteiger partial charge in [0.15, 0.2) is 0 Å². The molecule has 11 nitrogen and oxygen atoms in total. The highest BCUT2D eigenvalue weighted by Gasteiger charge is 2.25. The van der Waals surface area contributed by atoms with Crippen molar-refractivity contribution in [3.8, 4) is 0 Å². The number of rotatable bonds is 6. The summed E-state index contributed by atoms with van der Waals surface area (Å²) in [5.74, 6) is -1.66. The van der Waals surface area contributed by atoms with E-state index in [2.05, 4.69) is 0 Å². The molecule has 0 aromatic rings. The highest BCUT2D eigenvalue weighted by molar-refractivity contribution is 8.00. The van der Waals surface area contributed by atoms with Gasteiger partial charge in [0, 0.05) is 12.2 Å². The van der Waals surface area contributed by atoms with Crippen molar-refractivity contribution >= 4 is 45.8 Å². The lowest BCUT2D eigenvalue weighted by Gasteiger charge is -2.15. The van der Waals surface area contributed by atoms with Crippen LogP contribution >= 0.6 is 11.8 Å². The van der Waals surface area contributed by atoms with Crippen LogP contribution in [0, 0.1) is 0 Å². The average molecular weight is 623 g/mol. The maximum atomic E-state index is 12.7. The zero-order chi connectivity index (χ0) is 30.2. The van der Waals surface area contributed by atoms with Crippen LogP contribution in [-0.2, 0) is 52.4 Å². The lowest BCUT2D eigenvalue weighted by Crippen LogP contribution is -2.25. The first kappa shape index (κ1) is 36.9. The van der Waals surface area contributed by atoms with Gasteiger partial charge in [0.25, 0.3) is 10.1 Å². The van der Waals surface area contributed by atoms with Crippen LogP contribution in [0.1, 0.15) is 89.9 Å². The Labute approximate surface area is 248 Å². The van der Waals surface area contributed by atoms with Gasteiger partial charge in [-0.05, 0) is 37.9 Å². The number of carbonyl (C=O) groups is 4. The third-order valence-corrected chi connectivity index (χ3v) is 7.83. The van der Waals surface area contributed by atoms with E-state index in [0.29, 0.717) is 37.9 Å². The van der Waals surface area contributed by atoms with E-state index in [9.17, 15) is 27.6 Å². The Morgan fingerprint density at radius 2 is 1.15 bits per heavy atom. The molecular weight excluding hydrogens is 576 g/mol. The van der Waals surface area contributed by atoms with E-state index in [1.54, 1.807) is 0 Å². The summed E-state index contributed by atoms with van der Waals surface area (Å²) in [6.07, 6.45) is 13.5. The number of carbonyl (C=O) groups excluding carboxylic acids is 4. The summed E-state index contributed by atoms with van der Waals surface area (Å²) < 4.78 is 47.9. The molecule has 0 bridgehead atoms. The third-order valence-electron chi connectivity index (χ3n) is 5.95. The minimum absolute atomic E-state index is 0.00266. The Balaban J connectivity index is 2.53. The Morgan fingerprint density at radius 3 is 1.63 bits per heavy atom. The molecule has 13 heteroatoms. The smallest absolute Gasteiger partial charge is 0.331 e. The molecule has 0 saturated carbocycles. The second-order valence-electron chi connectivity index (χ2n) is 9.74. The van der Waals surface area contributed by atoms with Gasteiger partial charge in [0.1, 0.15) is 5.25 Å². The molecule has 0 fully saturated rings. The van der Waals surface area contributed by atoms with Crippen molar-refractivity contribution in [2.45, 2.75) is 95.1 Å². The summed E-state index contributed by atoms with van der Waals surface area (Å²) in [6.45, 7) is 1.07. The Morgan fingerprint density at radius 1 is 0.707 bits per heavy atom. The number of hydrogen-bond donors (Lipinski definition) is 0. The van der Waals surface area contributed by atoms with Gasteiger partial charge >= 0.3 is 23.9 Å². The molecule has 1 heterocycles. The molecule has 1 unspecified atom stereocenters. The first-order valence-electron chi connectivity index (χ1n) is 14.5. The van der Waals surface area contributed by atoms with Crippen LogP contribution in [0.2, 0.25) is 0 Å². The monoisotopic (exact) mass is 622 g/mol. The maximum absolute atomic E-state index is 12.7. The third kappa shape index (κ3) is 23.2. The van der Waals surface area contributed by atoms with E-state index in [1.807, 2.05) is 0 Å². The molecule has 0 aromatic carbocycles. The fourth-order valence-electron chi connectivity index (χ4n) is 3.77. The van der Waals surface area contributed by atoms with Crippen LogP contribution in [0.3, 0.4) is 0 Å². The summed E-state index contributed by atoms with van der Waals surface area (Å²) >= 11 is 1.23. The molecule has 1 aliphatic rings. The number of thioether (sulfide) groups is 1. The highest BCUT2D eigenvalue weighted by Crippen LogP contribution is 2.19. The second-order valence-corrected chi connectivity index (χ2v) is 12.7. The van der Waals surface area contributed by atoms with Gasteiger partial charge in [-0.3, -0.25) is 13.8 Å².